The predicted molar refractivity (Wildman–Crippen MR) is 70.8 cm³/mol. The summed E-state index contributed by atoms with van der Waals surface area (Å²) >= 11 is 6.46. The highest BCUT2D eigenvalue weighted by atomic mass is 35.5. The van der Waals surface area contributed by atoms with E-state index in [4.69, 9.17) is 11.6 Å². The van der Waals surface area contributed by atoms with E-state index in [0.717, 1.165) is 18.3 Å². The van der Waals surface area contributed by atoms with Gasteiger partial charge in [0.2, 0.25) is 0 Å². The van der Waals surface area contributed by atoms with Gasteiger partial charge in [-0.1, -0.05) is 45.0 Å². The molecule has 0 spiro atoms. The third-order valence-corrected chi connectivity index (χ3v) is 4.07. The molecule has 0 aliphatic heterocycles. The lowest BCUT2D eigenvalue weighted by Crippen LogP contribution is -1.97. The van der Waals surface area contributed by atoms with Crippen LogP contribution < -0.4 is 0 Å². The van der Waals surface area contributed by atoms with Gasteiger partial charge in [-0.15, -0.1) is 11.6 Å². The van der Waals surface area contributed by atoms with Gasteiger partial charge in [0, 0.05) is 0 Å². The number of alkyl halides is 1. The first kappa shape index (κ1) is 12.0. The van der Waals surface area contributed by atoms with Crippen LogP contribution in [0.2, 0.25) is 0 Å². The highest BCUT2D eigenvalue weighted by Gasteiger charge is 2.39. The number of halogens is 1. The predicted octanol–water partition coefficient (Wildman–Crippen LogP) is 4.82. The Labute approximate surface area is 104 Å². The summed E-state index contributed by atoms with van der Waals surface area (Å²) < 4.78 is 0. The second kappa shape index (κ2) is 4.79. The van der Waals surface area contributed by atoms with E-state index in [1.807, 2.05) is 0 Å². The van der Waals surface area contributed by atoms with Crippen LogP contribution in [-0.4, -0.2) is 0 Å². The molecule has 1 aliphatic rings. The summed E-state index contributed by atoms with van der Waals surface area (Å²) in [5.74, 6) is 2.25. The Hall–Kier alpha value is -0.490. The van der Waals surface area contributed by atoms with Gasteiger partial charge in [-0.05, 0) is 41.7 Å². The number of hydrogen-bond donors (Lipinski definition) is 0. The Morgan fingerprint density at radius 1 is 1.25 bits per heavy atom. The molecule has 1 aliphatic carbocycles. The molecular formula is C15H21Cl. The first-order valence-corrected chi connectivity index (χ1v) is 6.74. The van der Waals surface area contributed by atoms with Gasteiger partial charge < -0.3 is 0 Å². The van der Waals surface area contributed by atoms with E-state index in [0.29, 0.717) is 5.92 Å². The summed E-state index contributed by atoms with van der Waals surface area (Å²) in [7, 11) is 0. The summed E-state index contributed by atoms with van der Waals surface area (Å²) in [6.07, 6.45) is 2.45. The van der Waals surface area contributed by atoms with E-state index in [1.54, 1.807) is 0 Å². The van der Waals surface area contributed by atoms with Crippen LogP contribution in [0.15, 0.2) is 24.3 Å². The second-order valence-corrected chi connectivity index (χ2v) is 6.09. The fourth-order valence-electron chi connectivity index (χ4n) is 2.31. The fourth-order valence-corrected chi connectivity index (χ4v) is 2.81. The molecule has 1 heteroatoms. The van der Waals surface area contributed by atoms with Crippen LogP contribution in [0.5, 0.6) is 0 Å². The van der Waals surface area contributed by atoms with Gasteiger partial charge in [-0.2, -0.15) is 0 Å². The maximum Gasteiger partial charge on any atom is 0.0616 e. The zero-order valence-electron chi connectivity index (χ0n) is 10.4. The van der Waals surface area contributed by atoms with Gasteiger partial charge in [0.1, 0.15) is 0 Å². The Morgan fingerprint density at radius 3 is 2.25 bits per heavy atom. The highest BCUT2D eigenvalue weighted by molar-refractivity contribution is 6.21. The van der Waals surface area contributed by atoms with E-state index in [-0.39, 0.29) is 5.38 Å². The maximum atomic E-state index is 6.46. The van der Waals surface area contributed by atoms with Gasteiger partial charge in [-0.25, -0.2) is 0 Å². The third-order valence-electron chi connectivity index (χ3n) is 3.49. The summed E-state index contributed by atoms with van der Waals surface area (Å²) in [4.78, 5) is 0. The minimum atomic E-state index is 0.225. The van der Waals surface area contributed by atoms with E-state index in [9.17, 15) is 0 Å². The first-order chi connectivity index (χ1) is 7.58. The smallest absolute Gasteiger partial charge is 0.0616 e. The van der Waals surface area contributed by atoms with Crippen molar-refractivity contribution in [2.75, 3.05) is 0 Å². The molecule has 0 radical (unpaired) electrons. The van der Waals surface area contributed by atoms with Gasteiger partial charge >= 0.3 is 0 Å². The zero-order chi connectivity index (χ0) is 11.7. The van der Waals surface area contributed by atoms with Crippen molar-refractivity contribution < 1.29 is 0 Å². The lowest BCUT2D eigenvalue weighted by Gasteiger charge is -2.10. The summed E-state index contributed by atoms with van der Waals surface area (Å²) in [5, 5.41) is 0.225. The van der Waals surface area contributed by atoms with Crippen LogP contribution in [0, 0.1) is 17.8 Å². The molecule has 16 heavy (non-hydrogen) atoms. The van der Waals surface area contributed by atoms with Crippen molar-refractivity contribution in [1.29, 1.82) is 0 Å². The molecule has 1 saturated carbocycles. The van der Waals surface area contributed by atoms with Crippen LogP contribution in [-0.2, 0) is 6.42 Å². The van der Waals surface area contributed by atoms with E-state index >= 15 is 0 Å². The quantitative estimate of drug-likeness (QED) is 0.658. The molecule has 1 aromatic carbocycles. The molecule has 0 aromatic heterocycles. The molecular weight excluding hydrogens is 216 g/mol. The lowest BCUT2D eigenvalue weighted by atomic mass is 10.00. The van der Waals surface area contributed by atoms with Crippen molar-refractivity contribution in [3.63, 3.8) is 0 Å². The van der Waals surface area contributed by atoms with Gasteiger partial charge in [0.15, 0.2) is 0 Å². The Morgan fingerprint density at radius 2 is 1.81 bits per heavy atom. The molecule has 1 aromatic rings. The number of benzene rings is 1. The SMILES string of the molecule is CC(C)Cc1ccc(C(Cl)C2CC2C)cc1. The zero-order valence-corrected chi connectivity index (χ0v) is 11.2. The molecule has 0 nitrogen and oxygen atoms in total. The molecule has 2 rings (SSSR count). The Kier molecular flexibility index (Phi) is 3.59. The Balaban J connectivity index is 2.01. The van der Waals surface area contributed by atoms with E-state index in [1.165, 1.54) is 17.5 Å². The van der Waals surface area contributed by atoms with Crippen LogP contribution in [0.1, 0.15) is 43.7 Å². The van der Waals surface area contributed by atoms with Crippen molar-refractivity contribution >= 4 is 11.6 Å². The van der Waals surface area contributed by atoms with Crippen molar-refractivity contribution in [3.05, 3.63) is 35.4 Å². The topological polar surface area (TPSA) is 0 Å². The molecule has 3 unspecified atom stereocenters. The average molecular weight is 237 g/mol. The van der Waals surface area contributed by atoms with Gasteiger partial charge in [0.05, 0.1) is 5.38 Å². The van der Waals surface area contributed by atoms with Crippen LogP contribution in [0.4, 0.5) is 0 Å². The van der Waals surface area contributed by atoms with Gasteiger partial charge in [0.25, 0.3) is 0 Å². The Bertz CT molecular complexity index is 339. The lowest BCUT2D eigenvalue weighted by molar-refractivity contribution is 0.646. The van der Waals surface area contributed by atoms with Crippen LogP contribution in [0.3, 0.4) is 0 Å². The largest absolute Gasteiger partial charge is 0.118 e. The third kappa shape index (κ3) is 2.79. The minimum absolute atomic E-state index is 0.225. The van der Waals surface area contributed by atoms with E-state index in [2.05, 4.69) is 45.0 Å². The summed E-state index contributed by atoms with van der Waals surface area (Å²) in [6.45, 7) is 6.79. The van der Waals surface area contributed by atoms with Crippen molar-refractivity contribution in [3.8, 4) is 0 Å². The molecule has 3 atom stereocenters. The normalized spacial score (nSPS) is 25.8. The monoisotopic (exact) mass is 236 g/mol. The number of rotatable bonds is 4. The van der Waals surface area contributed by atoms with Crippen LogP contribution in [0.25, 0.3) is 0 Å². The van der Waals surface area contributed by atoms with Gasteiger partial charge in [-0.3, -0.25) is 0 Å². The highest BCUT2D eigenvalue weighted by Crippen LogP contribution is 2.50. The standard InChI is InChI=1S/C15H21Cl/c1-10(2)8-12-4-6-13(7-5-12)15(16)14-9-11(14)3/h4-7,10-11,14-15H,8-9H2,1-3H3. The molecule has 0 N–H and O–H groups in total. The fraction of sp³-hybridized carbons (Fsp3) is 0.600. The van der Waals surface area contributed by atoms with Crippen molar-refractivity contribution in [2.45, 2.75) is 39.0 Å². The molecule has 0 amide bonds. The summed E-state index contributed by atoms with van der Waals surface area (Å²) in [6, 6.07) is 8.89. The van der Waals surface area contributed by atoms with E-state index < -0.39 is 0 Å². The maximum absolute atomic E-state index is 6.46. The average Bonchev–Trinajstić information content (AvgIpc) is 2.95. The molecule has 1 fully saturated rings. The molecule has 0 saturated heterocycles. The number of hydrogen-bond acceptors (Lipinski definition) is 0. The first-order valence-electron chi connectivity index (χ1n) is 6.31. The molecule has 88 valence electrons. The molecule has 0 heterocycles. The minimum Gasteiger partial charge on any atom is -0.118 e. The second-order valence-electron chi connectivity index (χ2n) is 5.62. The summed E-state index contributed by atoms with van der Waals surface area (Å²) in [5.41, 5.74) is 2.72. The van der Waals surface area contributed by atoms with Crippen LogP contribution >= 0.6 is 11.6 Å². The van der Waals surface area contributed by atoms with Crippen molar-refractivity contribution in [1.82, 2.24) is 0 Å². The van der Waals surface area contributed by atoms with Crippen molar-refractivity contribution in [2.24, 2.45) is 17.8 Å². The molecule has 0 bridgehead atoms.